The van der Waals surface area contributed by atoms with Crippen molar-refractivity contribution < 1.29 is 8.42 Å². The number of nitrogens with zero attached hydrogens (tertiary/aromatic N) is 1. The van der Waals surface area contributed by atoms with Crippen molar-refractivity contribution in [2.45, 2.75) is 17.9 Å². The highest BCUT2D eigenvalue weighted by molar-refractivity contribution is 7.89. The third-order valence-corrected chi connectivity index (χ3v) is 4.86. The van der Waals surface area contributed by atoms with E-state index in [1.807, 2.05) is 6.92 Å². The Bertz CT molecular complexity index is 508. The summed E-state index contributed by atoms with van der Waals surface area (Å²) in [6.07, 6.45) is 0. The van der Waals surface area contributed by atoms with Gasteiger partial charge < -0.3 is 5.32 Å². The number of benzene rings is 1. The lowest BCUT2D eigenvalue weighted by atomic mass is 10.3. The Morgan fingerprint density at radius 2 is 2.17 bits per heavy atom. The van der Waals surface area contributed by atoms with Crippen LogP contribution >= 0.6 is 24.0 Å². The predicted octanol–water partition coefficient (Wildman–Crippen LogP) is 1.74. The summed E-state index contributed by atoms with van der Waals surface area (Å²) in [6.45, 7) is 3.65. The lowest BCUT2D eigenvalue weighted by Gasteiger charge is -2.31. The van der Waals surface area contributed by atoms with E-state index in [0.29, 0.717) is 24.7 Å². The van der Waals surface area contributed by atoms with E-state index in [4.69, 9.17) is 11.6 Å². The largest absolute Gasteiger partial charge is 0.312 e. The molecule has 0 saturated carbocycles. The second-order valence-electron chi connectivity index (χ2n) is 4.18. The lowest BCUT2D eigenvalue weighted by Crippen LogP contribution is -2.51. The number of hydrogen-bond acceptors (Lipinski definition) is 3. The van der Waals surface area contributed by atoms with E-state index in [-0.39, 0.29) is 23.3 Å². The summed E-state index contributed by atoms with van der Waals surface area (Å²) in [5.41, 5.74) is 0. The van der Waals surface area contributed by atoms with Gasteiger partial charge in [0, 0.05) is 30.7 Å². The summed E-state index contributed by atoms with van der Waals surface area (Å²) in [6, 6.07) is 6.57. The van der Waals surface area contributed by atoms with Gasteiger partial charge in [-0.1, -0.05) is 17.7 Å². The van der Waals surface area contributed by atoms with Gasteiger partial charge in [-0.25, -0.2) is 8.42 Å². The molecule has 0 amide bonds. The maximum atomic E-state index is 12.3. The fourth-order valence-corrected chi connectivity index (χ4v) is 3.72. The van der Waals surface area contributed by atoms with Gasteiger partial charge in [-0.15, -0.1) is 12.4 Å². The maximum absolute atomic E-state index is 12.3. The molecular weight excluding hydrogens is 295 g/mol. The van der Waals surface area contributed by atoms with Crippen molar-refractivity contribution in [1.29, 1.82) is 0 Å². The van der Waals surface area contributed by atoms with Crippen molar-refractivity contribution in [3.05, 3.63) is 29.3 Å². The lowest BCUT2D eigenvalue weighted by molar-refractivity contribution is 0.310. The van der Waals surface area contributed by atoms with Crippen molar-refractivity contribution in [3.63, 3.8) is 0 Å². The first-order valence-electron chi connectivity index (χ1n) is 5.49. The topological polar surface area (TPSA) is 49.4 Å². The molecule has 7 heteroatoms. The summed E-state index contributed by atoms with van der Waals surface area (Å²) in [4.78, 5) is 0.263. The molecule has 18 heavy (non-hydrogen) atoms. The number of piperazine rings is 1. The Morgan fingerprint density at radius 1 is 1.44 bits per heavy atom. The Balaban J connectivity index is 0.00000162. The number of rotatable bonds is 2. The average Bonchev–Trinajstić information content (AvgIpc) is 2.29. The molecule has 0 aliphatic carbocycles. The SMILES string of the molecule is C[C@@H]1CN(S(=O)(=O)c2cccc(Cl)c2)CCN1.Cl. The molecule has 102 valence electrons. The van der Waals surface area contributed by atoms with E-state index >= 15 is 0 Å². The van der Waals surface area contributed by atoms with Gasteiger partial charge >= 0.3 is 0 Å². The van der Waals surface area contributed by atoms with Crippen LogP contribution in [0.4, 0.5) is 0 Å². The number of halogens is 2. The first kappa shape index (κ1) is 15.7. The van der Waals surface area contributed by atoms with Gasteiger partial charge in [0.05, 0.1) is 4.90 Å². The van der Waals surface area contributed by atoms with E-state index < -0.39 is 10.0 Å². The average molecular weight is 311 g/mol. The highest BCUT2D eigenvalue weighted by atomic mass is 35.5. The molecule has 1 aliphatic rings. The summed E-state index contributed by atoms with van der Waals surface area (Å²) in [5.74, 6) is 0. The quantitative estimate of drug-likeness (QED) is 0.905. The van der Waals surface area contributed by atoms with Crippen LogP contribution in [0.3, 0.4) is 0 Å². The van der Waals surface area contributed by atoms with Crippen LogP contribution in [-0.2, 0) is 10.0 Å². The van der Waals surface area contributed by atoms with Gasteiger partial charge in [0.2, 0.25) is 10.0 Å². The molecule has 0 bridgehead atoms. The van der Waals surface area contributed by atoms with Gasteiger partial charge in [0.1, 0.15) is 0 Å². The van der Waals surface area contributed by atoms with E-state index in [0.717, 1.165) is 0 Å². The second kappa shape index (κ2) is 6.21. The van der Waals surface area contributed by atoms with Crippen LogP contribution in [0.15, 0.2) is 29.2 Å². The molecule has 4 nitrogen and oxygen atoms in total. The molecule has 0 spiro atoms. The fraction of sp³-hybridized carbons (Fsp3) is 0.455. The molecule has 1 aliphatic heterocycles. The van der Waals surface area contributed by atoms with Crippen molar-refractivity contribution in [2.24, 2.45) is 0 Å². The molecular formula is C11H16Cl2N2O2S. The third-order valence-electron chi connectivity index (χ3n) is 2.77. The predicted molar refractivity (Wildman–Crippen MR) is 74.9 cm³/mol. The first-order chi connectivity index (χ1) is 8.00. The van der Waals surface area contributed by atoms with Gasteiger partial charge in [0.25, 0.3) is 0 Å². The van der Waals surface area contributed by atoms with Crippen LogP contribution in [0.2, 0.25) is 5.02 Å². The highest BCUT2D eigenvalue weighted by Crippen LogP contribution is 2.20. The van der Waals surface area contributed by atoms with E-state index in [2.05, 4.69) is 5.32 Å². The molecule has 1 N–H and O–H groups in total. The van der Waals surface area contributed by atoms with E-state index in [1.165, 1.54) is 10.4 Å². The van der Waals surface area contributed by atoms with Crippen molar-refractivity contribution in [2.75, 3.05) is 19.6 Å². The van der Waals surface area contributed by atoms with Gasteiger partial charge in [-0.05, 0) is 25.1 Å². The number of sulfonamides is 1. The highest BCUT2D eigenvalue weighted by Gasteiger charge is 2.28. The second-order valence-corrected chi connectivity index (χ2v) is 6.55. The van der Waals surface area contributed by atoms with Crippen molar-refractivity contribution in [3.8, 4) is 0 Å². The molecule has 1 fully saturated rings. The summed E-state index contributed by atoms with van der Waals surface area (Å²) >= 11 is 5.82. The minimum atomic E-state index is -3.41. The Morgan fingerprint density at radius 3 is 2.78 bits per heavy atom. The van der Waals surface area contributed by atoms with Crippen LogP contribution in [0.25, 0.3) is 0 Å². The standard InChI is InChI=1S/C11H15ClN2O2S.ClH/c1-9-8-14(6-5-13-9)17(15,16)11-4-2-3-10(12)7-11;/h2-4,7,9,13H,5-6,8H2,1H3;1H/t9-;/m1./s1. The van der Waals surface area contributed by atoms with Gasteiger partial charge in [-0.2, -0.15) is 4.31 Å². The third kappa shape index (κ3) is 3.36. The summed E-state index contributed by atoms with van der Waals surface area (Å²) in [7, 11) is -3.41. The van der Waals surface area contributed by atoms with E-state index in [1.54, 1.807) is 18.2 Å². The smallest absolute Gasteiger partial charge is 0.243 e. The zero-order valence-corrected chi connectivity index (χ0v) is 12.4. The molecule has 1 saturated heterocycles. The van der Waals surface area contributed by atoms with Crippen molar-refractivity contribution >= 4 is 34.0 Å². The molecule has 2 rings (SSSR count). The zero-order valence-electron chi connectivity index (χ0n) is 9.97. The molecule has 0 unspecified atom stereocenters. The van der Waals surface area contributed by atoms with Gasteiger partial charge in [-0.3, -0.25) is 0 Å². The molecule has 0 aromatic heterocycles. The van der Waals surface area contributed by atoms with Gasteiger partial charge in [0.15, 0.2) is 0 Å². The fourth-order valence-electron chi connectivity index (χ4n) is 1.89. The Kier molecular flexibility index (Phi) is 5.43. The number of nitrogens with one attached hydrogen (secondary N) is 1. The molecule has 1 heterocycles. The van der Waals surface area contributed by atoms with E-state index in [9.17, 15) is 8.42 Å². The van der Waals surface area contributed by atoms with Crippen LogP contribution in [0, 0.1) is 0 Å². The Labute approximate surface area is 119 Å². The van der Waals surface area contributed by atoms with Crippen molar-refractivity contribution in [1.82, 2.24) is 9.62 Å². The summed E-state index contributed by atoms with van der Waals surface area (Å²) in [5, 5.41) is 3.65. The Hall–Kier alpha value is -0.330. The molecule has 1 aromatic carbocycles. The van der Waals surface area contributed by atoms with Crippen LogP contribution < -0.4 is 5.32 Å². The zero-order chi connectivity index (χ0) is 12.5. The molecule has 1 aromatic rings. The normalized spacial score (nSPS) is 21.3. The summed E-state index contributed by atoms with van der Waals surface area (Å²) < 4.78 is 26.1. The number of hydrogen-bond donors (Lipinski definition) is 1. The molecule has 1 atom stereocenters. The monoisotopic (exact) mass is 310 g/mol. The maximum Gasteiger partial charge on any atom is 0.243 e. The first-order valence-corrected chi connectivity index (χ1v) is 7.31. The van der Waals surface area contributed by atoms with Crippen LogP contribution in [0.1, 0.15) is 6.92 Å². The van der Waals surface area contributed by atoms with Crippen LogP contribution in [-0.4, -0.2) is 38.4 Å². The van der Waals surface area contributed by atoms with Crippen LogP contribution in [0.5, 0.6) is 0 Å². The minimum absolute atomic E-state index is 0. The minimum Gasteiger partial charge on any atom is -0.312 e. The molecule has 0 radical (unpaired) electrons.